The van der Waals surface area contributed by atoms with Crippen LogP contribution in [-0.4, -0.2) is 46.9 Å². The van der Waals surface area contributed by atoms with Gasteiger partial charge in [-0.2, -0.15) is 13.2 Å². The van der Waals surface area contributed by atoms with E-state index < -0.39 is 28.6 Å². The van der Waals surface area contributed by atoms with Crippen molar-refractivity contribution in [1.82, 2.24) is 19.6 Å². The van der Waals surface area contributed by atoms with Gasteiger partial charge in [-0.3, -0.25) is 13.9 Å². The molecule has 27 heavy (non-hydrogen) atoms. The van der Waals surface area contributed by atoms with Crippen LogP contribution in [0.1, 0.15) is 28.2 Å². The number of amides is 1. The summed E-state index contributed by atoms with van der Waals surface area (Å²) < 4.78 is 64.5. The first kappa shape index (κ1) is 19.3. The molecule has 3 heterocycles. The molecule has 0 spiro atoms. The highest BCUT2D eigenvalue weighted by Gasteiger charge is 2.35. The fraction of sp³-hybridized carbons (Fsp3) is 0.385. The zero-order valence-electron chi connectivity index (χ0n) is 13.6. The van der Waals surface area contributed by atoms with Crippen molar-refractivity contribution < 1.29 is 31.7 Å². The zero-order valence-corrected chi connectivity index (χ0v) is 14.4. The third-order valence-electron chi connectivity index (χ3n) is 3.82. The molecule has 2 aromatic rings. The van der Waals surface area contributed by atoms with Crippen LogP contribution in [0.15, 0.2) is 16.8 Å². The number of carbonyl (C=O) groups excluding carboxylic acids is 1. The van der Waals surface area contributed by atoms with Crippen LogP contribution < -0.4 is 11.1 Å². The van der Waals surface area contributed by atoms with Crippen molar-refractivity contribution in [2.24, 2.45) is 0 Å². The Balaban J connectivity index is 1.94. The Morgan fingerprint density at radius 1 is 1.37 bits per heavy atom. The van der Waals surface area contributed by atoms with E-state index in [2.05, 4.69) is 25.2 Å². The highest BCUT2D eigenvalue weighted by Crippen LogP contribution is 2.49. The number of anilines is 2. The molecule has 5 N–H and O–H groups in total. The number of nitrogens with zero attached hydrogens (tertiary/aromatic N) is 4. The van der Waals surface area contributed by atoms with Gasteiger partial charge in [0.25, 0.3) is 5.91 Å². The molecule has 2 aromatic heterocycles. The third kappa shape index (κ3) is 4.13. The molecule has 1 aliphatic heterocycles. The largest absolute Gasteiger partial charge is 0.433 e. The lowest BCUT2D eigenvalue weighted by Gasteiger charge is -2.36. The number of hydrogen-bond donors (Lipinski definition) is 4. The van der Waals surface area contributed by atoms with Gasteiger partial charge in [-0.25, -0.2) is 13.9 Å². The predicted molar refractivity (Wildman–Crippen MR) is 88.6 cm³/mol. The van der Waals surface area contributed by atoms with Gasteiger partial charge in [-0.15, -0.1) is 10.8 Å². The Hall–Kier alpha value is -2.42. The first-order valence-corrected chi connectivity index (χ1v) is 9.23. The lowest BCUT2D eigenvalue weighted by Crippen LogP contribution is -2.26. The monoisotopic (exact) mass is 408 g/mol. The van der Waals surface area contributed by atoms with Gasteiger partial charge in [0.15, 0.2) is 0 Å². The molecule has 1 fully saturated rings. The number of carbonyl (C=O) groups is 1. The van der Waals surface area contributed by atoms with Gasteiger partial charge < -0.3 is 11.1 Å². The molecule has 0 radical (unpaired) electrons. The van der Waals surface area contributed by atoms with Gasteiger partial charge in [-0.05, 0) is 28.9 Å². The highest BCUT2D eigenvalue weighted by atomic mass is 32.3. The van der Waals surface area contributed by atoms with Crippen molar-refractivity contribution in [2.45, 2.75) is 19.1 Å². The molecular weight excluding hydrogens is 393 g/mol. The van der Waals surface area contributed by atoms with E-state index in [1.54, 1.807) is 0 Å². The fourth-order valence-electron chi connectivity index (χ4n) is 2.50. The number of nitrogens with two attached hydrogens (primary N) is 1. The van der Waals surface area contributed by atoms with Crippen LogP contribution in [0.3, 0.4) is 0 Å². The van der Waals surface area contributed by atoms with E-state index in [-0.39, 0.29) is 41.7 Å². The van der Waals surface area contributed by atoms with Crippen LogP contribution in [0.5, 0.6) is 0 Å². The minimum Gasteiger partial charge on any atom is -0.378 e. The van der Waals surface area contributed by atoms with Crippen molar-refractivity contribution in [3.05, 3.63) is 29.1 Å². The molecule has 3 rings (SSSR count). The normalized spacial score (nSPS) is 18.4. The van der Waals surface area contributed by atoms with E-state index in [1.165, 1.54) is 4.31 Å². The first-order valence-electron chi connectivity index (χ1n) is 7.55. The van der Waals surface area contributed by atoms with Crippen LogP contribution >= 0.6 is 10.8 Å². The number of aromatic nitrogens is 3. The quantitative estimate of drug-likeness (QED) is 0.597. The SMILES string of the molecule is Nc1nonc1NC(=O)c1ccc(C(F)(F)F)nc1CN1CCCS1(O)O. The number of nitrogens with one attached hydrogen (secondary N) is 1. The van der Waals surface area contributed by atoms with E-state index in [0.29, 0.717) is 12.5 Å². The van der Waals surface area contributed by atoms with Gasteiger partial charge in [0.05, 0.1) is 23.6 Å². The fourth-order valence-corrected chi connectivity index (χ4v) is 4.03. The number of hydrogen-bond acceptors (Lipinski definition) is 9. The number of pyridine rings is 1. The first-order chi connectivity index (χ1) is 12.6. The van der Waals surface area contributed by atoms with E-state index in [1.807, 2.05) is 0 Å². The molecule has 10 nitrogen and oxygen atoms in total. The molecule has 0 bridgehead atoms. The van der Waals surface area contributed by atoms with Crippen molar-refractivity contribution in [3.63, 3.8) is 0 Å². The minimum atomic E-state index is -4.72. The van der Waals surface area contributed by atoms with E-state index in [0.717, 1.165) is 6.07 Å². The standard InChI is InChI=1S/C13H15F3N6O4S/c14-13(15,16)9-3-2-7(12(23)19-11-10(17)20-26-21-11)8(18-9)6-22-4-1-5-27(22,24)25/h2-3,24-25H,1,4-6H2,(H2,17,20)(H,19,21,23). The van der Waals surface area contributed by atoms with Gasteiger partial charge >= 0.3 is 6.18 Å². The molecule has 0 aromatic carbocycles. The topological polar surface area (TPSA) is 151 Å². The average Bonchev–Trinajstić information content (AvgIpc) is 3.12. The van der Waals surface area contributed by atoms with Crippen molar-refractivity contribution in [3.8, 4) is 0 Å². The van der Waals surface area contributed by atoms with Crippen LogP contribution in [0.2, 0.25) is 0 Å². The van der Waals surface area contributed by atoms with Crippen LogP contribution in [0.25, 0.3) is 0 Å². The van der Waals surface area contributed by atoms with Crippen molar-refractivity contribution in [1.29, 1.82) is 0 Å². The maximum Gasteiger partial charge on any atom is 0.433 e. The molecule has 14 heteroatoms. The summed E-state index contributed by atoms with van der Waals surface area (Å²) in [6.45, 7) is -0.0942. The summed E-state index contributed by atoms with van der Waals surface area (Å²) in [7, 11) is -3.11. The summed E-state index contributed by atoms with van der Waals surface area (Å²) in [4.78, 5) is 16.0. The molecule has 0 unspecified atom stereocenters. The Labute approximate surface area is 152 Å². The number of nitrogen functional groups attached to an aromatic ring is 1. The van der Waals surface area contributed by atoms with Crippen molar-refractivity contribution >= 4 is 28.3 Å². The summed E-state index contributed by atoms with van der Waals surface area (Å²) in [5.41, 5.74) is 3.77. The van der Waals surface area contributed by atoms with Gasteiger partial charge in [0.1, 0.15) is 5.69 Å². The molecule has 1 amide bonds. The maximum atomic E-state index is 13.0. The van der Waals surface area contributed by atoms with E-state index >= 15 is 0 Å². The second-order valence-electron chi connectivity index (χ2n) is 5.69. The zero-order chi connectivity index (χ0) is 19.8. The van der Waals surface area contributed by atoms with Gasteiger partial charge in [0.2, 0.25) is 11.6 Å². The Kier molecular flexibility index (Phi) is 4.98. The third-order valence-corrected chi connectivity index (χ3v) is 5.80. The summed E-state index contributed by atoms with van der Waals surface area (Å²) in [5.74, 6) is -1.15. The Morgan fingerprint density at radius 3 is 2.67 bits per heavy atom. The van der Waals surface area contributed by atoms with E-state index in [9.17, 15) is 27.1 Å². The Bertz CT molecular complexity index is 859. The maximum absolute atomic E-state index is 13.0. The molecule has 148 valence electrons. The van der Waals surface area contributed by atoms with Crippen LogP contribution in [-0.2, 0) is 12.7 Å². The van der Waals surface area contributed by atoms with Gasteiger partial charge in [-0.1, -0.05) is 0 Å². The number of halogens is 3. The minimum absolute atomic E-state index is 0.106. The predicted octanol–water partition coefficient (Wildman–Crippen LogP) is 2.19. The lowest BCUT2D eigenvalue weighted by atomic mass is 10.1. The second kappa shape index (κ2) is 6.95. The molecular formula is C13H15F3N6O4S. The van der Waals surface area contributed by atoms with Crippen LogP contribution in [0, 0.1) is 0 Å². The Morgan fingerprint density at radius 2 is 2.11 bits per heavy atom. The second-order valence-corrected chi connectivity index (χ2v) is 7.88. The molecule has 0 aliphatic carbocycles. The lowest BCUT2D eigenvalue weighted by molar-refractivity contribution is -0.141. The van der Waals surface area contributed by atoms with Crippen molar-refractivity contribution in [2.75, 3.05) is 23.3 Å². The summed E-state index contributed by atoms with van der Waals surface area (Å²) in [5, 5.41) is 8.90. The molecule has 1 aliphatic rings. The molecule has 1 saturated heterocycles. The number of rotatable bonds is 4. The summed E-state index contributed by atoms with van der Waals surface area (Å²) in [6, 6.07) is 1.61. The van der Waals surface area contributed by atoms with E-state index in [4.69, 9.17) is 5.73 Å². The summed E-state index contributed by atoms with van der Waals surface area (Å²) in [6.07, 6.45) is -4.26. The van der Waals surface area contributed by atoms with Crippen LogP contribution in [0.4, 0.5) is 24.8 Å². The molecule has 0 atom stereocenters. The highest BCUT2D eigenvalue weighted by molar-refractivity contribution is 8.22. The smallest absolute Gasteiger partial charge is 0.378 e. The van der Waals surface area contributed by atoms with Gasteiger partial charge in [0, 0.05) is 6.54 Å². The number of alkyl halides is 3. The summed E-state index contributed by atoms with van der Waals surface area (Å²) >= 11 is 0. The average molecular weight is 408 g/mol. The molecule has 0 saturated carbocycles.